The van der Waals surface area contributed by atoms with Crippen LogP contribution in [0.3, 0.4) is 0 Å². The van der Waals surface area contributed by atoms with E-state index in [-0.39, 0.29) is 10.8 Å². The van der Waals surface area contributed by atoms with E-state index in [1.54, 1.807) is 18.7 Å². The molecule has 6 heterocycles. The van der Waals surface area contributed by atoms with Crippen molar-refractivity contribution in [3.8, 4) is 22.8 Å². The second-order valence-electron chi connectivity index (χ2n) is 22.2. The SMILES string of the molecule is BrCc1ccc2nccnc2c1.C[C@H]1CN(c2cccc3[nH]c(-c4ccc(C(C)(C)C)cc4)nc23)CCN1.C[C@H]1CN(c2cccc3[nH]c(-c4ccc(C(C)(C)C)cc4)nc23)CCN1Cc1ccc2cncnc2c1. The first-order valence-corrected chi connectivity index (χ1v) is 27.4. The third-order valence-electron chi connectivity index (χ3n) is 14.5. The molecule has 384 valence electrons. The molecule has 0 amide bonds. The summed E-state index contributed by atoms with van der Waals surface area (Å²) in [5.74, 6) is 1.87. The molecule has 0 aliphatic carbocycles. The van der Waals surface area contributed by atoms with Gasteiger partial charge in [-0.3, -0.25) is 14.9 Å². The molecule has 0 bridgehead atoms. The van der Waals surface area contributed by atoms with Gasteiger partial charge in [-0.05, 0) is 89.4 Å². The number of alkyl halides is 1. The fraction of sp³-hybridized carbons (Fsp3) is 0.323. The van der Waals surface area contributed by atoms with Crippen molar-refractivity contribution in [1.29, 1.82) is 0 Å². The topological polar surface area (TPSA) is 131 Å². The van der Waals surface area contributed by atoms with Crippen LogP contribution < -0.4 is 15.1 Å². The highest BCUT2D eigenvalue weighted by Crippen LogP contribution is 2.33. The zero-order valence-corrected chi connectivity index (χ0v) is 46.2. The number of aromatic nitrogens is 8. The van der Waals surface area contributed by atoms with E-state index >= 15 is 0 Å². The maximum atomic E-state index is 5.07. The van der Waals surface area contributed by atoms with E-state index in [0.717, 1.165) is 118 Å². The minimum absolute atomic E-state index is 0.140. The minimum atomic E-state index is 0.140. The molecule has 75 heavy (non-hydrogen) atoms. The lowest BCUT2D eigenvalue weighted by atomic mass is 9.87. The molecule has 2 atom stereocenters. The first kappa shape index (κ1) is 51.4. The quantitative estimate of drug-likeness (QED) is 0.133. The number of para-hydroxylation sites is 2. The molecule has 10 aromatic rings. The van der Waals surface area contributed by atoms with Gasteiger partial charge in [0.15, 0.2) is 0 Å². The maximum absolute atomic E-state index is 5.07. The second-order valence-corrected chi connectivity index (χ2v) is 22.7. The normalized spacial score (nSPS) is 16.5. The van der Waals surface area contributed by atoms with Crippen LogP contribution in [-0.4, -0.2) is 96.1 Å². The van der Waals surface area contributed by atoms with Crippen LogP contribution in [0.25, 0.3) is 66.8 Å². The van der Waals surface area contributed by atoms with Gasteiger partial charge < -0.3 is 25.1 Å². The predicted octanol–water partition coefficient (Wildman–Crippen LogP) is 13.0. The molecule has 3 N–H and O–H groups in total. The van der Waals surface area contributed by atoms with Crippen molar-refractivity contribution in [2.45, 2.75) is 90.2 Å². The Morgan fingerprint density at radius 2 is 1.16 bits per heavy atom. The van der Waals surface area contributed by atoms with Gasteiger partial charge in [0, 0.05) is 98.3 Å². The molecule has 13 heteroatoms. The molecule has 2 saturated heterocycles. The Morgan fingerprint density at radius 1 is 0.587 bits per heavy atom. The highest BCUT2D eigenvalue weighted by Gasteiger charge is 2.26. The van der Waals surface area contributed by atoms with E-state index in [1.165, 1.54) is 33.6 Å². The molecule has 2 aliphatic heterocycles. The van der Waals surface area contributed by atoms with E-state index in [4.69, 9.17) is 9.97 Å². The zero-order chi connectivity index (χ0) is 52.3. The minimum Gasteiger partial charge on any atom is -0.367 e. The van der Waals surface area contributed by atoms with Crippen LogP contribution in [0.2, 0.25) is 0 Å². The Kier molecular flexibility index (Phi) is 15.1. The standard InChI is InChI=1S/C31H34N6.C22H28N4.C9H7BrN2/c1-21-18-37(15-14-36(21)19-22-8-9-24-17-32-20-33-27(24)16-22)28-7-5-6-26-29(28)35-30(34-26)23-10-12-25(13-11-23)31(2,3)4;1-15-14-26(13-12-23-15)19-7-5-6-18-20(19)25-21(24-18)16-8-10-17(11-9-16)22(2,3)4;10-6-7-1-2-8-9(5-7)12-4-3-11-8/h5-13,16-17,20-21H,14-15,18-19H2,1-4H3,(H,34,35);5-11,15,23H,12-14H2,1-4H3,(H,24,25);1-5H,6H2/t21-;15-;/m00./s1. The van der Waals surface area contributed by atoms with Gasteiger partial charge in [0.1, 0.15) is 29.0 Å². The number of halogens is 1. The number of fused-ring (bicyclic) bond motifs is 4. The van der Waals surface area contributed by atoms with Gasteiger partial charge in [-0.1, -0.05) is 136 Å². The number of hydrogen-bond donors (Lipinski definition) is 3. The number of anilines is 2. The summed E-state index contributed by atoms with van der Waals surface area (Å²) >= 11 is 3.40. The molecule has 0 saturated carbocycles. The van der Waals surface area contributed by atoms with Crippen molar-refractivity contribution in [1.82, 2.24) is 50.1 Å². The summed E-state index contributed by atoms with van der Waals surface area (Å²) in [6, 6.07) is 44.0. The molecule has 0 unspecified atom stereocenters. The molecular formula is C62H69BrN12. The Balaban J connectivity index is 0.000000145. The molecule has 2 aliphatic rings. The van der Waals surface area contributed by atoms with Crippen LogP contribution in [0.1, 0.15) is 77.6 Å². The number of nitrogens with zero attached hydrogens (tertiary/aromatic N) is 9. The smallest absolute Gasteiger partial charge is 0.138 e. The molecule has 4 aromatic heterocycles. The number of rotatable bonds is 7. The summed E-state index contributed by atoms with van der Waals surface area (Å²) in [6.45, 7) is 24.9. The average Bonchev–Trinajstić information content (AvgIpc) is 4.07. The number of benzene rings is 6. The molecule has 12 rings (SSSR count). The molecule has 6 aromatic carbocycles. The lowest BCUT2D eigenvalue weighted by molar-refractivity contribution is 0.181. The fourth-order valence-electron chi connectivity index (χ4n) is 10.1. The number of imidazole rings is 2. The average molecular weight is 1060 g/mol. The maximum Gasteiger partial charge on any atom is 0.138 e. The summed E-state index contributed by atoms with van der Waals surface area (Å²) < 4.78 is 0. The number of nitrogens with one attached hydrogen (secondary N) is 3. The number of hydrogen-bond acceptors (Lipinski definition) is 10. The number of piperazine rings is 2. The van der Waals surface area contributed by atoms with Crippen molar-refractivity contribution in [2.75, 3.05) is 49.1 Å². The van der Waals surface area contributed by atoms with E-state index < -0.39 is 0 Å². The van der Waals surface area contributed by atoms with Crippen LogP contribution in [0, 0.1) is 0 Å². The van der Waals surface area contributed by atoms with Crippen LogP contribution in [0.4, 0.5) is 11.4 Å². The summed E-state index contributed by atoms with van der Waals surface area (Å²) in [5, 5.41) is 5.45. The second kappa shape index (κ2) is 22.0. The molecule has 12 nitrogen and oxygen atoms in total. The van der Waals surface area contributed by atoms with Crippen molar-refractivity contribution in [3.63, 3.8) is 0 Å². The highest BCUT2D eigenvalue weighted by molar-refractivity contribution is 9.08. The molecule has 0 radical (unpaired) electrons. The molecule has 2 fully saturated rings. The summed E-state index contributed by atoms with van der Waals surface area (Å²) in [7, 11) is 0. The van der Waals surface area contributed by atoms with Crippen LogP contribution in [0.15, 0.2) is 146 Å². The van der Waals surface area contributed by atoms with Gasteiger partial charge in [-0.2, -0.15) is 0 Å². The van der Waals surface area contributed by atoms with Crippen molar-refractivity contribution in [2.24, 2.45) is 0 Å². The van der Waals surface area contributed by atoms with E-state index in [2.05, 4.69) is 224 Å². The lowest BCUT2D eigenvalue weighted by Gasteiger charge is -2.41. The number of H-pyrrole nitrogens is 2. The van der Waals surface area contributed by atoms with Crippen molar-refractivity contribution >= 4 is 71.3 Å². The van der Waals surface area contributed by atoms with E-state index in [0.29, 0.717) is 12.1 Å². The Bertz CT molecular complexity index is 3540. The third kappa shape index (κ3) is 11.9. The predicted molar refractivity (Wildman–Crippen MR) is 314 cm³/mol. The van der Waals surface area contributed by atoms with Gasteiger partial charge in [0.05, 0.1) is 39.0 Å². The van der Waals surface area contributed by atoms with Crippen LogP contribution in [-0.2, 0) is 22.7 Å². The summed E-state index contributed by atoms with van der Waals surface area (Å²) in [5.41, 5.74) is 17.4. The molecular weight excluding hydrogens is 993 g/mol. The van der Waals surface area contributed by atoms with Gasteiger partial charge in [-0.25, -0.2) is 19.9 Å². The fourth-order valence-corrected chi connectivity index (χ4v) is 10.5. The highest BCUT2D eigenvalue weighted by atomic mass is 79.9. The Morgan fingerprint density at radius 3 is 1.73 bits per heavy atom. The van der Waals surface area contributed by atoms with Gasteiger partial charge in [-0.15, -0.1) is 0 Å². The lowest BCUT2D eigenvalue weighted by Crippen LogP contribution is -2.51. The largest absolute Gasteiger partial charge is 0.367 e. The van der Waals surface area contributed by atoms with Crippen molar-refractivity contribution < 1.29 is 0 Å². The third-order valence-corrected chi connectivity index (χ3v) is 15.1. The Hall–Kier alpha value is -7.06. The summed E-state index contributed by atoms with van der Waals surface area (Å²) in [4.78, 5) is 41.5. The van der Waals surface area contributed by atoms with Crippen molar-refractivity contribution in [3.05, 3.63) is 168 Å². The first-order chi connectivity index (χ1) is 36.2. The van der Waals surface area contributed by atoms with Crippen LogP contribution >= 0.6 is 15.9 Å². The van der Waals surface area contributed by atoms with E-state index in [9.17, 15) is 0 Å². The van der Waals surface area contributed by atoms with Gasteiger partial charge >= 0.3 is 0 Å². The molecule has 0 spiro atoms. The zero-order valence-electron chi connectivity index (χ0n) is 44.6. The first-order valence-electron chi connectivity index (χ1n) is 26.3. The summed E-state index contributed by atoms with van der Waals surface area (Å²) in [6.07, 6.45) is 6.90. The van der Waals surface area contributed by atoms with E-state index in [1.807, 2.05) is 24.4 Å². The van der Waals surface area contributed by atoms with Gasteiger partial charge in [0.25, 0.3) is 0 Å². The Labute approximate surface area is 449 Å². The van der Waals surface area contributed by atoms with Crippen LogP contribution in [0.5, 0.6) is 0 Å². The van der Waals surface area contributed by atoms with Gasteiger partial charge in [0.2, 0.25) is 0 Å². The number of aromatic amines is 2. The monoisotopic (exact) mass is 1060 g/mol.